The summed E-state index contributed by atoms with van der Waals surface area (Å²) < 4.78 is 5.87. The van der Waals surface area contributed by atoms with Gasteiger partial charge in [0.2, 0.25) is 5.95 Å². The molecule has 3 aromatic rings. The van der Waals surface area contributed by atoms with Crippen molar-refractivity contribution in [1.82, 2.24) is 20.3 Å². The van der Waals surface area contributed by atoms with Crippen LogP contribution in [0.5, 0.6) is 5.75 Å². The lowest BCUT2D eigenvalue weighted by molar-refractivity contribution is 0.170. The molecule has 162 valence electrons. The quantitative estimate of drug-likeness (QED) is 0.598. The molecule has 6 nitrogen and oxygen atoms in total. The number of aromatic nitrogens is 3. The fraction of sp³-hybridized carbons (Fsp3) is 0.400. The highest BCUT2D eigenvalue weighted by Gasteiger charge is 2.37. The second kappa shape index (κ2) is 8.63. The van der Waals surface area contributed by atoms with Crippen molar-refractivity contribution in [1.29, 1.82) is 0 Å². The third-order valence-corrected chi connectivity index (χ3v) is 5.48. The molecule has 0 bridgehead atoms. The molecule has 1 aliphatic rings. The molecule has 0 radical (unpaired) electrons. The highest BCUT2D eigenvalue weighted by Crippen LogP contribution is 2.30. The van der Waals surface area contributed by atoms with Crippen LogP contribution >= 0.6 is 0 Å². The lowest BCUT2D eigenvalue weighted by atomic mass is 9.80. The van der Waals surface area contributed by atoms with Gasteiger partial charge >= 0.3 is 0 Å². The van der Waals surface area contributed by atoms with E-state index in [4.69, 9.17) is 9.72 Å². The Balaban J connectivity index is 1.42. The van der Waals surface area contributed by atoms with Crippen LogP contribution in [0.3, 0.4) is 0 Å². The van der Waals surface area contributed by atoms with Gasteiger partial charge in [0, 0.05) is 41.3 Å². The van der Waals surface area contributed by atoms with Gasteiger partial charge in [-0.3, -0.25) is 4.98 Å². The monoisotopic (exact) mass is 417 g/mol. The SMILES string of the molecule is CC1(C)CC(Nc2nccc(-c3ccc(OCc4ccncc4)cc3)n2)CC(C)(C)N1. The Labute approximate surface area is 184 Å². The Bertz CT molecular complexity index is 986. The summed E-state index contributed by atoms with van der Waals surface area (Å²) in [4.78, 5) is 13.3. The molecule has 6 heteroatoms. The Morgan fingerprint density at radius 3 is 2.29 bits per heavy atom. The van der Waals surface area contributed by atoms with Gasteiger partial charge in [0.15, 0.2) is 0 Å². The summed E-state index contributed by atoms with van der Waals surface area (Å²) in [5, 5.41) is 7.28. The molecule has 1 saturated heterocycles. The maximum Gasteiger partial charge on any atom is 0.223 e. The molecule has 1 aliphatic heterocycles. The predicted molar refractivity (Wildman–Crippen MR) is 124 cm³/mol. The van der Waals surface area contributed by atoms with Gasteiger partial charge in [0.05, 0.1) is 5.69 Å². The maximum absolute atomic E-state index is 5.87. The van der Waals surface area contributed by atoms with Gasteiger partial charge in [-0.25, -0.2) is 9.97 Å². The minimum absolute atomic E-state index is 0.0725. The van der Waals surface area contributed by atoms with Crippen LogP contribution in [0.15, 0.2) is 61.1 Å². The minimum Gasteiger partial charge on any atom is -0.489 e. The van der Waals surface area contributed by atoms with Gasteiger partial charge < -0.3 is 15.4 Å². The summed E-state index contributed by atoms with van der Waals surface area (Å²) in [6.07, 6.45) is 7.40. The topological polar surface area (TPSA) is 72.0 Å². The van der Waals surface area contributed by atoms with E-state index in [9.17, 15) is 0 Å². The van der Waals surface area contributed by atoms with Crippen molar-refractivity contribution in [3.05, 3.63) is 66.6 Å². The Morgan fingerprint density at radius 2 is 1.61 bits per heavy atom. The van der Waals surface area contributed by atoms with Crippen molar-refractivity contribution in [3.8, 4) is 17.0 Å². The molecule has 3 heterocycles. The summed E-state index contributed by atoms with van der Waals surface area (Å²) in [6, 6.07) is 14.2. The summed E-state index contributed by atoms with van der Waals surface area (Å²) in [5.74, 6) is 1.50. The maximum atomic E-state index is 5.87. The van der Waals surface area contributed by atoms with E-state index in [1.165, 1.54) is 0 Å². The molecule has 0 aliphatic carbocycles. The smallest absolute Gasteiger partial charge is 0.223 e. The molecule has 2 N–H and O–H groups in total. The first kappa shape index (κ1) is 21.2. The number of pyridine rings is 1. The number of hydrogen-bond donors (Lipinski definition) is 2. The molecular weight excluding hydrogens is 386 g/mol. The molecule has 1 aromatic carbocycles. The average molecular weight is 418 g/mol. The van der Waals surface area contributed by atoms with Crippen LogP contribution in [-0.2, 0) is 6.61 Å². The van der Waals surface area contributed by atoms with Gasteiger partial charge in [-0.15, -0.1) is 0 Å². The summed E-state index contributed by atoms with van der Waals surface area (Å²) in [6.45, 7) is 9.51. The number of rotatable bonds is 6. The summed E-state index contributed by atoms with van der Waals surface area (Å²) >= 11 is 0. The van der Waals surface area contributed by atoms with Crippen LogP contribution < -0.4 is 15.4 Å². The lowest BCUT2D eigenvalue weighted by Crippen LogP contribution is -2.60. The Morgan fingerprint density at radius 1 is 0.935 bits per heavy atom. The van der Waals surface area contributed by atoms with Crippen LogP contribution in [0.25, 0.3) is 11.3 Å². The number of nitrogens with zero attached hydrogens (tertiary/aromatic N) is 3. The summed E-state index contributed by atoms with van der Waals surface area (Å²) in [7, 11) is 0. The molecule has 0 unspecified atom stereocenters. The number of hydrogen-bond acceptors (Lipinski definition) is 6. The van der Waals surface area contributed by atoms with Crippen molar-refractivity contribution in [2.45, 2.75) is 64.3 Å². The second-order valence-corrected chi connectivity index (χ2v) is 9.58. The molecule has 2 aromatic heterocycles. The third-order valence-electron chi connectivity index (χ3n) is 5.48. The van der Waals surface area contributed by atoms with Crippen molar-refractivity contribution in [3.63, 3.8) is 0 Å². The van der Waals surface area contributed by atoms with E-state index >= 15 is 0 Å². The van der Waals surface area contributed by atoms with Crippen molar-refractivity contribution in [2.75, 3.05) is 5.32 Å². The third kappa shape index (κ3) is 5.79. The Kier molecular flexibility index (Phi) is 5.92. The van der Waals surface area contributed by atoms with E-state index in [-0.39, 0.29) is 11.1 Å². The number of piperidine rings is 1. The van der Waals surface area contributed by atoms with Crippen molar-refractivity contribution in [2.24, 2.45) is 0 Å². The molecular formula is C25H31N5O. The van der Waals surface area contributed by atoms with E-state index in [1.807, 2.05) is 48.7 Å². The molecule has 0 amide bonds. The van der Waals surface area contributed by atoms with Gasteiger partial charge in [-0.1, -0.05) is 0 Å². The largest absolute Gasteiger partial charge is 0.489 e. The first-order chi connectivity index (χ1) is 14.8. The number of anilines is 1. The predicted octanol–water partition coefficient (Wildman–Crippen LogP) is 4.84. The first-order valence-corrected chi connectivity index (χ1v) is 10.8. The number of ether oxygens (including phenoxy) is 1. The molecule has 1 fully saturated rings. The zero-order valence-corrected chi connectivity index (χ0v) is 18.7. The van der Waals surface area contributed by atoms with Gasteiger partial charge in [-0.05, 0) is 88.6 Å². The minimum atomic E-state index is 0.0725. The van der Waals surface area contributed by atoms with Crippen LogP contribution in [0.2, 0.25) is 0 Å². The van der Waals surface area contributed by atoms with E-state index in [1.54, 1.807) is 12.4 Å². The average Bonchev–Trinajstić information content (AvgIpc) is 2.71. The zero-order valence-electron chi connectivity index (χ0n) is 18.7. The highest BCUT2D eigenvalue weighted by atomic mass is 16.5. The second-order valence-electron chi connectivity index (χ2n) is 9.58. The zero-order chi connectivity index (χ0) is 21.9. The molecule has 31 heavy (non-hydrogen) atoms. The normalized spacial score (nSPS) is 17.8. The highest BCUT2D eigenvalue weighted by molar-refractivity contribution is 5.61. The number of benzene rings is 1. The first-order valence-electron chi connectivity index (χ1n) is 10.8. The fourth-order valence-electron chi connectivity index (χ4n) is 4.56. The Hall–Kier alpha value is -2.99. The van der Waals surface area contributed by atoms with Crippen LogP contribution in [0.4, 0.5) is 5.95 Å². The van der Waals surface area contributed by atoms with E-state index < -0.39 is 0 Å². The lowest BCUT2D eigenvalue weighted by Gasteiger charge is -2.46. The summed E-state index contributed by atoms with van der Waals surface area (Å²) in [5.41, 5.74) is 3.17. The van der Waals surface area contributed by atoms with Gasteiger partial charge in [0.1, 0.15) is 12.4 Å². The van der Waals surface area contributed by atoms with Crippen LogP contribution in [-0.4, -0.2) is 32.1 Å². The number of nitrogens with one attached hydrogen (secondary N) is 2. The molecule has 0 saturated carbocycles. The van der Waals surface area contributed by atoms with Crippen molar-refractivity contribution >= 4 is 5.95 Å². The molecule has 0 spiro atoms. The van der Waals surface area contributed by atoms with E-state index in [0.717, 1.165) is 35.4 Å². The molecule has 4 rings (SSSR count). The fourth-order valence-corrected chi connectivity index (χ4v) is 4.56. The van der Waals surface area contributed by atoms with E-state index in [0.29, 0.717) is 18.6 Å². The standard InChI is InChI=1S/C25H31N5O/c1-24(2)15-20(16-25(3,4)30-24)28-23-27-14-11-22(29-23)19-5-7-21(8-6-19)31-17-18-9-12-26-13-10-18/h5-14,20,30H,15-17H2,1-4H3,(H,27,28,29). The van der Waals surface area contributed by atoms with Crippen LogP contribution in [0, 0.1) is 0 Å². The van der Waals surface area contributed by atoms with Crippen LogP contribution in [0.1, 0.15) is 46.1 Å². The van der Waals surface area contributed by atoms with Gasteiger partial charge in [-0.2, -0.15) is 0 Å². The van der Waals surface area contributed by atoms with E-state index in [2.05, 4.69) is 48.3 Å². The van der Waals surface area contributed by atoms with Gasteiger partial charge in [0.25, 0.3) is 0 Å². The molecule has 0 atom stereocenters. The van der Waals surface area contributed by atoms with Crippen molar-refractivity contribution < 1.29 is 4.74 Å².